The zero-order chi connectivity index (χ0) is 41.1. The first-order valence-electron chi connectivity index (χ1n) is 19.9. The number of carbonyl (C=O) groups excluding carboxylic acids is 2. The van der Waals surface area contributed by atoms with Gasteiger partial charge in [0.2, 0.25) is 0 Å². The summed E-state index contributed by atoms with van der Waals surface area (Å²) in [5.41, 5.74) is -4.36. The lowest BCUT2D eigenvalue weighted by molar-refractivity contribution is -0.312. The molecule has 3 heterocycles. The van der Waals surface area contributed by atoms with Gasteiger partial charge in [0.1, 0.15) is 23.7 Å². The van der Waals surface area contributed by atoms with E-state index in [1.54, 1.807) is 34.6 Å². The second kappa shape index (κ2) is 18.9. The Balaban J connectivity index is 2.21. The van der Waals surface area contributed by atoms with Crippen LogP contribution in [0.4, 0.5) is 0 Å². The Morgan fingerprint density at radius 3 is 2.11 bits per heavy atom. The largest absolute Gasteiger partial charge is 0.469 e. The lowest BCUT2D eigenvalue weighted by atomic mass is 9.76. The number of aliphatic hydroxyl groups is 4. The Bertz CT molecular complexity index is 1220. The molecule has 3 aliphatic heterocycles. The molecule has 0 radical (unpaired) electrons. The number of nitrogens with zero attached hydrogens (tertiary/aromatic N) is 1. The highest BCUT2D eigenvalue weighted by Gasteiger charge is 2.53. The fourth-order valence-corrected chi connectivity index (χ4v) is 9.10. The van der Waals surface area contributed by atoms with Gasteiger partial charge in [0.25, 0.3) is 0 Å². The number of ether oxygens (including phenoxy) is 7. The van der Waals surface area contributed by atoms with Crippen molar-refractivity contribution in [1.29, 1.82) is 0 Å². The van der Waals surface area contributed by atoms with E-state index in [0.717, 1.165) is 0 Å². The van der Waals surface area contributed by atoms with Crippen molar-refractivity contribution in [2.45, 2.75) is 186 Å². The number of hydrogen-bond acceptors (Lipinski definition) is 14. The van der Waals surface area contributed by atoms with Crippen molar-refractivity contribution in [2.24, 2.45) is 29.6 Å². The predicted octanol–water partition coefficient (Wildman–Crippen LogP) is 3.43. The summed E-state index contributed by atoms with van der Waals surface area (Å²) < 4.78 is 43.2. The standard InChI is InChI=1S/C40H73NO13/c1-15-28-40(10,47)32(42)22(3)17-16-21(2)19-38(8,46)34(54-37-30(36(45)48-13)27(41(11)12)18-23(4)50-37)24(5)31(25(6)35(44)52-28)53-29-20-39(9,49-14)33(43)26(7)51-29/h21-34,37,42-43,46-47H,15-20H2,1-14H3/t21-,22-,23+,24-,25+,26-,27?,28+,29?,30?,31?,32?,33?,34?,37?,38+,39+,40-/m0/s1. The van der Waals surface area contributed by atoms with Crippen molar-refractivity contribution < 1.29 is 63.2 Å². The minimum Gasteiger partial charge on any atom is -0.469 e. The molecule has 3 fully saturated rings. The summed E-state index contributed by atoms with van der Waals surface area (Å²) in [6.07, 6.45) is -6.11. The maximum Gasteiger partial charge on any atom is 0.315 e. The van der Waals surface area contributed by atoms with Crippen LogP contribution in [-0.4, -0.2) is 144 Å². The van der Waals surface area contributed by atoms with Crippen molar-refractivity contribution in [2.75, 3.05) is 28.3 Å². The summed E-state index contributed by atoms with van der Waals surface area (Å²) in [5, 5.41) is 46.6. The average molecular weight is 776 g/mol. The van der Waals surface area contributed by atoms with Gasteiger partial charge in [-0.05, 0) is 93.2 Å². The molecule has 0 aliphatic carbocycles. The van der Waals surface area contributed by atoms with Crippen LogP contribution in [0.2, 0.25) is 0 Å². The third-order valence-corrected chi connectivity index (χ3v) is 12.6. The van der Waals surface area contributed by atoms with Crippen LogP contribution in [0.3, 0.4) is 0 Å². The second-order valence-electron chi connectivity index (χ2n) is 17.6. The molecule has 54 heavy (non-hydrogen) atoms. The zero-order valence-corrected chi connectivity index (χ0v) is 35.3. The van der Waals surface area contributed by atoms with Crippen LogP contribution in [0, 0.1) is 29.6 Å². The van der Waals surface area contributed by atoms with E-state index in [4.69, 9.17) is 33.2 Å². The maximum atomic E-state index is 14.3. The van der Waals surface area contributed by atoms with E-state index in [9.17, 15) is 30.0 Å². The predicted molar refractivity (Wildman–Crippen MR) is 200 cm³/mol. The molecule has 3 aliphatic rings. The molecule has 8 unspecified atom stereocenters. The normalized spacial score (nSPS) is 47.7. The van der Waals surface area contributed by atoms with Crippen molar-refractivity contribution in [3.05, 3.63) is 0 Å². The first kappa shape index (κ1) is 46.9. The van der Waals surface area contributed by atoms with Gasteiger partial charge in [-0.15, -0.1) is 0 Å². The van der Waals surface area contributed by atoms with Gasteiger partial charge < -0.3 is 58.5 Å². The van der Waals surface area contributed by atoms with Crippen molar-refractivity contribution in [3.8, 4) is 0 Å². The molecule has 316 valence electrons. The van der Waals surface area contributed by atoms with Crippen LogP contribution in [0.25, 0.3) is 0 Å². The Labute approximate surface area is 323 Å². The molecule has 14 heteroatoms. The average Bonchev–Trinajstić information content (AvgIpc) is 3.10. The first-order valence-corrected chi connectivity index (χ1v) is 19.9. The third kappa shape index (κ3) is 10.5. The summed E-state index contributed by atoms with van der Waals surface area (Å²) in [6.45, 7) is 17.6. The molecular weight excluding hydrogens is 702 g/mol. The SMILES string of the molecule is CC[C@H]1OC(=O)[C@H](C)C(OC2C[C@@](C)(OC)C(O)[C@H](C)O2)[C@H](C)C(OC2O[C@H](C)CC(N(C)C)C2C(=O)OC)[C@](C)(O)C[C@@H](C)CC[C@H](C)C(O)[C@@]1(C)O. The van der Waals surface area contributed by atoms with Gasteiger partial charge >= 0.3 is 11.9 Å². The number of methoxy groups -OCH3 is 2. The summed E-state index contributed by atoms with van der Waals surface area (Å²) >= 11 is 0. The summed E-state index contributed by atoms with van der Waals surface area (Å²) in [4.78, 5) is 29.6. The molecule has 0 amide bonds. The molecule has 0 aromatic heterocycles. The summed E-state index contributed by atoms with van der Waals surface area (Å²) in [5.74, 6) is -4.31. The fourth-order valence-electron chi connectivity index (χ4n) is 9.10. The summed E-state index contributed by atoms with van der Waals surface area (Å²) in [7, 11) is 6.59. The number of hydrogen-bond donors (Lipinski definition) is 4. The molecule has 14 nitrogen and oxygen atoms in total. The van der Waals surface area contributed by atoms with Gasteiger partial charge in [0.05, 0.1) is 54.7 Å². The molecular formula is C40H73NO13. The fraction of sp³-hybridized carbons (Fsp3) is 0.950. The molecule has 3 saturated heterocycles. The van der Waals surface area contributed by atoms with E-state index < -0.39 is 95.7 Å². The Morgan fingerprint density at radius 1 is 0.926 bits per heavy atom. The zero-order valence-electron chi connectivity index (χ0n) is 35.3. The van der Waals surface area contributed by atoms with Gasteiger partial charge in [-0.3, -0.25) is 9.59 Å². The van der Waals surface area contributed by atoms with Crippen LogP contribution in [0.5, 0.6) is 0 Å². The molecule has 0 saturated carbocycles. The number of rotatable bonds is 8. The maximum absolute atomic E-state index is 14.3. The van der Waals surface area contributed by atoms with E-state index in [2.05, 4.69) is 0 Å². The molecule has 0 aromatic rings. The molecule has 0 bridgehead atoms. The summed E-state index contributed by atoms with van der Waals surface area (Å²) in [6, 6.07) is -0.296. The van der Waals surface area contributed by atoms with Crippen LogP contribution in [-0.2, 0) is 42.7 Å². The topological polar surface area (TPSA) is 183 Å². The Hall–Kier alpha value is -1.46. The van der Waals surface area contributed by atoms with Crippen molar-refractivity contribution in [3.63, 3.8) is 0 Å². The van der Waals surface area contributed by atoms with E-state index in [1.807, 2.05) is 46.7 Å². The minimum atomic E-state index is -1.76. The highest BCUT2D eigenvalue weighted by molar-refractivity contribution is 5.74. The van der Waals surface area contributed by atoms with Gasteiger partial charge in [0.15, 0.2) is 12.6 Å². The van der Waals surface area contributed by atoms with Gasteiger partial charge in [-0.25, -0.2) is 0 Å². The van der Waals surface area contributed by atoms with Crippen LogP contribution in [0.1, 0.15) is 108 Å². The van der Waals surface area contributed by atoms with Crippen molar-refractivity contribution in [1.82, 2.24) is 4.90 Å². The van der Waals surface area contributed by atoms with Crippen LogP contribution < -0.4 is 0 Å². The van der Waals surface area contributed by atoms with E-state index >= 15 is 0 Å². The van der Waals surface area contributed by atoms with E-state index in [1.165, 1.54) is 21.1 Å². The third-order valence-electron chi connectivity index (χ3n) is 12.6. The van der Waals surface area contributed by atoms with Crippen LogP contribution >= 0.6 is 0 Å². The lowest BCUT2D eigenvalue weighted by Crippen LogP contribution is -2.60. The minimum absolute atomic E-state index is 0.0803. The van der Waals surface area contributed by atoms with Crippen molar-refractivity contribution >= 4 is 11.9 Å². The highest BCUT2D eigenvalue weighted by atomic mass is 16.7. The van der Waals surface area contributed by atoms with E-state index in [-0.39, 0.29) is 43.2 Å². The first-order chi connectivity index (χ1) is 24.9. The number of cyclic esters (lactones) is 1. The Morgan fingerprint density at radius 2 is 1.56 bits per heavy atom. The van der Waals surface area contributed by atoms with Gasteiger partial charge in [0, 0.05) is 25.5 Å². The molecule has 0 aromatic carbocycles. The quantitative estimate of drug-likeness (QED) is 0.263. The number of esters is 2. The second-order valence-corrected chi connectivity index (χ2v) is 17.6. The smallest absolute Gasteiger partial charge is 0.315 e. The van der Waals surface area contributed by atoms with Crippen LogP contribution in [0.15, 0.2) is 0 Å². The Kier molecular flexibility index (Phi) is 16.4. The molecule has 0 spiro atoms. The highest BCUT2D eigenvalue weighted by Crippen LogP contribution is 2.41. The van der Waals surface area contributed by atoms with E-state index in [0.29, 0.717) is 19.3 Å². The van der Waals surface area contributed by atoms with Gasteiger partial charge in [-0.1, -0.05) is 34.1 Å². The lowest BCUT2D eigenvalue weighted by Gasteiger charge is -2.49. The monoisotopic (exact) mass is 776 g/mol. The number of carbonyl (C=O) groups is 2. The molecule has 4 N–H and O–H groups in total. The number of aliphatic hydroxyl groups excluding tert-OH is 2. The van der Waals surface area contributed by atoms with Gasteiger partial charge in [-0.2, -0.15) is 0 Å². The molecule has 3 rings (SSSR count). The molecule has 18 atom stereocenters.